The average molecular weight is 306 g/mol. The maximum Gasteiger partial charge on any atom is 0.0955 e. The number of hydrogen-bond acceptors (Lipinski definition) is 4. The topological polar surface area (TPSA) is 34.2 Å². The minimum atomic E-state index is 0.258. The van der Waals surface area contributed by atoms with Gasteiger partial charge in [-0.1, -0.05) is 32.4 Å². The molecule has 1 aromatic heterocycles. The van der Waals surface area contributed by atoms with Gasteiger partial charge in [0.15, 0.2) is 0 Å². The van der Waals surface area contributed by atoms with Crippen LogP contribution in [0.1, 0.15) is 38.1 Å². The lowest BCUT2D eigenvalue weighted by Crippen LogP contribution is -2.43. The Morgan fingerprint density at radius 2 is 2.05 bits per heavy atom. The summed E-state index contributed by atoms with van der Waals surface area (Å²) >= 11 is 1.80. The first-order valence-electron chi connectivity index (χ1n) is 7.89. The van der Waals surface area contributed by atoms with Crippen LogP contribution in [0.3, 0.4) is 0 Å². The second-order valence-electron chi connectivity index (χ2n) is 5.40. The second kappa shape index (κ2) is 8.47. The molecule has 0 saturated heterocycles. The predicted molar refractivity (Wildman–Crippen MR) is 91.1 cm³/mol. The number of fused-ring (bicyclic) bond motifs is 1. The normalized spacial score (nSPS) is 14.4. The lowest BCUT2D eigenvalue weighted by Gasteiger charge is -2.26. The van der Waals surface area contributed by atoms with Gasteiger partial charge < -0.3 is 10.1 Å². The Hall–Kier alpha value is -0.970. The van der Waals surface area contributed by atoms with E-state index in [2.05, 4.69) is 37.4 Å². The van der Waals surface area contributed by atoms with E-state index in [1.807, 2.05) is 13.2 Å². The van der Waals surface area contributed by atoms with Crippen molar-refractivity contribution in [1.82, 2.24) is 10.3 Å². The van der Waals surface area contributed by atoms with Crippen molar-refractivity contribution in [2.45, 2.75) is 51.7 Å². The van der Waals surface area contributed by atoms with Gasteiger partial charge in [-0.15, -0.1) is 11.3 Å². The van der Waals surface area contributed by atoms with Crippen molar-refractivity contribution in [1.29, 1.82) is 0 Å². The number of aromatic nitrogens is 1. The monoisotopic (exact) mass is 306 g/mol. The van der Waals surface area contributed by atoms with Crippen LogP contribution >= 0.6 is 11.3 Å². The van der Waals surface area contributed by atoms with E-state index < -0.39 is 0 Å². The molecular weight excluding hydrogens is 280 g/mol. The summed E-state index contributed by atoms with van der Waals surface area (Å²) in [6.45, 7) is 5.43. The highest BCUT2D eigenvalue weighted by Crippen LogP contribution is 2.23. The Morgan fingerprint density at radius 1 is 1.24 bits per heavy atom. The number of thiazole rings is 1. The van der Waals surface area contributed by atoms with Crippen molar-refractivity contribution in [3.8, 4) is 0 Å². The van der Waals surface area contributed by atoms with Gasteiger partial charge in [0, 0.05) is 19.6 Å². The van der Waals surface area contributed by atoms with Crippen molar-refractivity contribution in [3.63, 3.8) is 0 Å². The largest absolute Gasteiger partial charge is 0.380 e. The summed E-state index contributed by atoms with van der Waals surface area (Å²) in [6.07, 6.45) is 4.57. The molecule has 1 N–H and O–H groups in total. The third-order valence-electron chi connectivity index (χ3n) is 3.71. The molecule has 0 fully saturated rings. The molecule has 1 heterocycles. The maximum absolute atomic E-state index is 5.71. The van der Waals surface area contributed by atoms with Gasteiger partial charge in [-0.3, -0.25) is 0 Å². The smallest absolute Gasteiger partial charge is 0.0955 e. The molecule has 0 aliphatic heterocycles. The Labute approximate surface area is 131 Å². The van der Waals surface area contributed by atoms with E-state index in [1.54, 1.807) is 11.3 Å². The molecular formula is C17H26N2OS. The SMILES string of the molecule is CCCNC(Cc1nc2ccccc2s1)C(CCC)OC. The van der Waals surface area contributed by atoms with Crippen molar-refractivity contribution < 1.29 is 4.74 Å². The number of para-hydroxylation sites is 1. The predicted octanol–water partition coefficient (Wildman–Crippen LogP) is 4.02. The zero-order chi connectivity index (χ0) is 15.1. The van der Waals surface area contributed by atoms with E-state index in [0.717, 1.165) is 37.7 Å². The third kappa shape index (κ3) is 4.50. The highest BCUT2D eigenvalue weighted by atomic mass is 32.1. The quantitative estimate of drug-likeness (QED) is 0.759. The second-order valence-corrected chi connectivity index (χ2v) is 6.52. The molecule has 0 saturated carbocycles. The molecule has 0 amide bonds. The molecule has 3 nitrogen and oxygen atoms in total. The average Bonchev–Trinajstić information content (AvgIpc) is 2.91. The van der Waals surface area contributed by atoms with Gasteiger partial charge in [-0.2, -0.15) is 0 Å². The number of ether oxygens (including phenoxy) is 1. The van der Waals surface area contributed by atoms with Crippen LogP contribution in [-0.2, 0) is 11.2 Å². The summed E-state index contributed by atoms with van der Waals surface area (Å²) in [5, 5.41) is 4.84. The lowest BCUT2D eigenvalue weighted by molar-refractivity contribution is 0.0609. The van der Waals surface area contributed by atoms with E-state index in [0.29, 0.717) is 6.04 Å². The van der Waals surface area contributed by atoms with Crippen LogP contribution < -0.4 is 5.32 Å². The summed E-state index contributed by atoms with van der Waals surface area (Å²) in [5.74, 6) is 0. The van der Waals surface area contributed by atoms with E-state index >= 15 is 0 Å². The summed E-state index contributed by atoms with van der Waals surface area (Å²) in [5.41, 5.74) is 1.11. The summed E-state index contributed by atoms with van der Waals surface area (Å²) in [7, 11) is 1.82. The number of nitrogens with one attached hydrogen (secondary N) is 1. The fourth-order valence-electron chi connectivity index (χ4n) is 2.63. The molecule has 1 aromatic carbocycles. The van der Waals surface area contributed by atoms with Crippen molar-refractivity contribution in [3.05, 3.63) is 29.3 Å². The van der Waals surface area contributed by atoms with Gasteiger partial charge in [0.1, 0.15) is 0 Å². The van der Waals surface area contributed by atoms with E-state index in [4.69, 9.17) is 9.72 Å². The molecule has 116 valence electrons. The van der Waals surface area contributed by atoms with Crippen molar-refractivity contribution in [2.24, 2.45) is 0 Å². The fraction of sp³-hybridized carbons (Fsp3) is 0.588. The van der Waals surface area contributed by atoms with Crippen LogP contribution in [0.25, 0.3) is 10.2 Å². The molecule has 0 spiro atoms. The van der Waals surface area contributed by atoms with Crippen molar-refractivity contribution >= 4 is 21.6 Å². The molecule has 2 aromatic rings. The van der Waals surface area contributed by atoms with E-state index in [9.17, 15) is 0 Å². The van der Waals surface area contributed by atoms with Gasteiger partial charge in [0.2, 0.25) is 0 Å². The van der Waals surface area contributed by atoms with Crippen LogP contribution in [0.4, 0.5) is 0 Å². The number of methoxy groups -OCH3 is 1. The standard InChI is InChI=1S/C17H26N2OS/c1-4-8-15(20-3)14(18-11-5-2)12-17-19-13-9-6-7-10-16(13)21-17/h6-7,9-10,14-15,18H,4-5,8,11-12H2,1-3H3. The Morgan fingerprint density at radius 3 is 2.71 bits per heavy atom. The van der Waals surface area contributed by atoms with Crippen LogP contribution in [0.5, 0.6) is 0 Å². The van der Waals surface area contributed by atoms with E-state index in [-0.39, 0.29) is 6.10 Å². The molecule has 2 atom stereocenters. The van der Waals surface area contributed by atoms with Crippen LogP contribution in [0, 0.1) is 0 Å². The van der Waals surface area contributed by atoms with Gasteiger partial charge in [0.05, 0.1) is 21.3 Å². The highest BCUT2D eigenvalue weighted by Gasteiger charge is 2.21. The molecule has 4 heteroatoms. The number of nitrogens with zero attached hydrogens (tertiary/aromatic N) is 1. The van der Waals surface area contributed by atoms with Gasteiger partial charge in [0.25, 0.3) is 0 Å². The van der Waals surface area contributed by atoms with Crippen LogP contribution in [0.2, 0.25) is 0 Å². The van der Waals surface area contributed by atoms with E-state index in [1.165, 1.54) is 9.71 Å². The zero-order valence-corrected chi connectivity index (χ0v) is 14.1. The van der Waals surface area contributed by atoms with Crippen LogP contribution in [0.15, 0.2) is 24.3 Å². The summed E-state index contributed by atoms with van der Waals surface area (Å²) < 4.78 is 6.98. The first-order chi connectivity index (χ1) is 10.3. The Balaban J connectivity index is 2.12. The third-order valence-corrected chi connectivity index (χ3v) is 4.77. The lowest BCUT2D eigenvalue weighted by atomic mass is 10.0. The van der Waals surface area contributed by atoms with Gasteiger partial charge >= 0.3 is 0 Å². The number of hydrogen-bond donors (Lipinski definition) is 1. The van der Waals surface area contributed by atoms with Gasteiger partial charge in [-0.05, 0) is 31.5 Å². The van der Waals surface area contributed by atoms with Crippen molar-refractivity contribution in [2.75, 3.05) is 13.7 Å². The number of rotatable bonds is 9. The number of benzene rings is 1. The maximum atomic E-state index is 5.71. The molecule has 2 rings (SSSR count). The minimum absolute atomic E-state index is 0.258. The Bertz CT molecular complexity index is 507. The van der Waals surface area contributed by atoms with Gasteiger partial charge in [-0.25, -0.2) is 4.98 Å². The summed E-state index contributed by atoms with van der Waals surface area (Å²) in [6, 6.07) is 8.70. The first kappa shape index (κ1) is 16.4. The molecule has 21 heavy (non-hydrogen) atoms. The summed E-state index contributed by atoms with van der Waals surface area (Å²) in [4.78, 5) is 4.76. The Kier molecular flexibility index (Phi) is 6.61. The molecule has 0 bridgehead atoms. The fourth-order valence-corrected chi connectivity index (χ4v) is 3.65. The minimum Gasteiger partial charge on any atom is -0.380 e. The zero-order valence-electron chi connectivity index (χ0n) is 13.3. The highest BCUT2D eigenvalue weighted by molar-refractivity contribution is 7.18. The van der Waals surface area contributed by atoms with Crippen LogP contribution in [-0.4, -0.2) is 30.8 Å². The molecule has 2 unspecified atom stereocenters. The molecule has 0 aliphatic rings. The molecule has 0 aliphatic carbocycles. The molecule has 0 radical (unpaired) electrons. The first-order valence-corrected chi connectivity index (χ1v) is 8.70.